The third-order valence-electron chi connectivity index (χ3n) is 3.81. The van der Waals surface area contributed by atoms with Crippen LogP contribution < -0.4 is 10.1 Å². The fraction of sp³-hybridized carbons (Fsp3) is 0.211. The van der Waals surface area contributed by atoms with Crippen LogP contribution in [0.4, 0.5) is 4.39 Å². The smallest absolute Gasteiger partial charge is 0.125 e. The Bertz CT molecular complexity index is 852. The van der Waals surface area contributed by atoms with Gasteiger partial charge in [-0.05, 0) is 35.9 Å². The van der Waals surface area contributed by atoms with Crippen molar-refractivity contribution in [3.05, 3.63) is 59.9 Å². The van der Waals surface area contributed by atoms with Crippen molar-refractivity contribution in [3.63, 3.8) is 0 Å². The van der Waals surface area contributed by atoms with E-state index < -0.39 is 0 Å². The van der Waals surface area contributed by atoms with Gasteiger partial charge in [0.05, 0.1) is 24.9 Å². The molecule has 5 heteroatoms. The summed E-state index contributed by atoms with van der Waals surface area (Å²) >= 11 is 0. The molecule has 0 atom stereocenters. The van der Waals surface area contributed by atoms with Gasteiger partial charge in [0, 0.05) is 30.1 Å². The minimum atomic E-state index is -0.308. The summed E-state index contributed by atoms with van der Waals surface area (Å²) in [5.74, 6) is 0.431. The van der Waals surface area contributed by atoms with Gasteiger partial charge in [-0.3, -0.25) is 0 Å². The van der Waals surface area contributed by atoms with Crippen molar-refractivity contribution in [3.8, 4) is 17.0 Å². The molecule has 0 aliphatic heterocycles. The molecular formula is C19H19FN2O2. The van der Waals surface area contributed by atoms with E-state index in [4.69, 9.17) is 9.84 Å². The van der Waals surface area contributed by atoms with Crippen LogP contribution in [0.3, 0.4) is 0 Å². The van der Waals surface area contributed by atoms with Crippen LogP contribution in [0.15, 0.2) is 48.5 Å². The van der Waals surface area contributed by atoms with E-state index in [1.54, 1.807) is 13.2 Å². The number of halogens is 1. The zero-order valence-corrected chi connectivity index (χ0v) is 13.4. The number of fused-ring (bicyclic) bond motifs is 1. The second-order valence-corrected chi connectivity index (χ2v) is 5.47. The molecule has 3 rings (SSSR count). The van der Waals surface area contributed by atoms with E-state index in [0.29, 0.717) is 18.6 Å². The molecule has 0 bridgehead atoms. The number of hydrogen-bond acceptors (Lipinski definition) is 4. The number of benzene rings is 2. The quantitative estimate of drug-likeness (QED) is 0.683. The monoisotopic (exact) mass is 326 g/mol. The van der Waals surface area contributed by atoms with Crippen molar-refractivity contribution in [2.24, 2.45) is 0 Å². The highest BCUT2D eigenvalue weighted by Gasteiger charge is 2.11. The lowest BCUT2D eigenvalue weighted by Gasteiger charge is -2.12. The van der Waals surface area contributed by atoms with Gasteiger partial charge in [-0.25, -0.2) is 9.37 Å². The van der Waals surface area contributed by atoms with Crippen LogP contribution in [0.1, 0.15) is 5.56 Å². The van der Waals surface area contributed by atoms with Gasteiger partial charge in [-0.15, -0.1) is 0 Å². The minimum absolute atomic E-state index is 0.0702. The molecule has 0 aliphatic carbocycles. The summed E-state index contributed by atoms with van der Waals surface area (Å²) in [5, 5.41) is 13.0. The van der Waals surface area contributed by atoms with Gasteiger partial charge in [-0.2, -0.15) is 0 Å². The van der Waals surface area contributed by atoms with Crippen LogP contribution in [0, 0.1) is 5.82 Å². The number of methoxy groups -OCH3 is 1. The third-order valence-corrected chi connectivity index (χ3v) is 3.81. The number of hydrogen-bond donors (Lipinski definition) is 2. The molecule has 0 fully saturated rings. The van der Waals surface area contributed by atoms with Gasteiger partial charge in [0.1, 0.15) is 11.6 Å². The zero-order chi connectivity index (χ0) is 16.9. The van der Waals surface area contributed by atoms with Crippen molar-refractivity contribution in [1.29, 1.82) is 0 Å². The standard InChI is InChI=1S/C19H19FN2O2/c1-24-17-4-2-3-14(10-17)19-15(12-21-7-8-23)9-13-5-6-16(20)11-18(13)22-19/h2-6,9-11,21,23H,7-8,12H2,1H3. The van der Waals surface area contributed by atoms with Crippen molar-refractivity contribution < 1.29 is 14.2 Å². The summed E-state index contributed by atoms with van der Waals surface area (Å²) in [6.07, 6.45) is 0. The highest BCUT2D eigenvalue weighted by atomic mass is 19.1. The lowest BCUT2D eigenvalue weighted by molar-refractivity contribution is 0.292. The summed E-state index contributed by atoms with van der Waals surface area (Å²) in [6, 6.07) is 14.2. The number of aliphatic hydroxyl groups is 1. The molecule has 0 aliphatic rings. The van der Waals surface area contributed by atoms with E-state index in [1.807, 2.05) is 30.3 Å². The van der Waals surface area contributed by atoms with E-state index in [2.05, 4.69) is 10.3 Å². The summed E-state index contributed by atoms with van der Waals surface area (Å²) in [7, 11) is 1.62. The summed E-state index contributed by atoms with van der Waals surface area (Å²) < 4.78 is 18.8. The second kappa shape index (κ2) is 7.38. The summed E-state index contributed by atoms with van der Waals surface area (Å²) in [4.78, 5) is 4.66. The average molecular weight is 326 g/mol. The van der Waals surface area contributed by atoms with E-state index >= 15 is 0 Å². The van der Waals surface area contributed by atoms with Crippen molar-refractivity contribution in [2.75, 3.05) is 20.3 Å². The molecule has 1 aromatic heterocycles. The third kappa shape index (κ3) is 3.53. The number of rotatable bonds is 6. The molecule has 0 saturated heterocycles. The lowest BCUT2D eigenvalue weighted by atomic mass is 10.0. The van der Waals surface area contributed by atoms with Crippen LogP contribution in [-0.4, -0.2) is 30.4 Å². The Morgan fingerprint density at radius 3 is 2.83 bits per heavy atom. The Hall–Kier alpha value is -2.50. The van der Waals surface area contributed by atoms with Crippen molar-refractivity contribution in [2.45, 2.75) is 6.54 Å². The predicted octanol–water partition coefficient (Wildman–Crippen LogP) is 3.13. The first-order chi connectivity index (χ1) is 11.7. The number of aliphatic hydroxyl groups excluding tert-OH is 1. The molecule has 124 valence electrons. The Kier molecular flexibility index (Phi) is 5.03. The van der Waals surface area contributed by atoms with E-state index in [0.717, 1.165) is 28.0 Å². The lowest BCUT2D eigenvalue weighted by Crippen LogP contribution is -2.18. The van der Waals surface area contributed by atoms with Gasteiger partial charge in [0.15, 0.2) is 0 Å². The largest absolute Gasteiger partial charge is 0.497 e. The summed E-state index contributed by atoms with van der Waals surface area (Å²) in [6.45, 7) is 1.13. The number of nitrogens with one attached hydrogen (secondary N) is 1. The Morgan fingerprint density at radius 2 is 2.04 bits per heavy atom. The highest BCUT2D eigenvalue weighted by Crippen LogP contribution is 2.28. The molecule has 2 N–H and O–H groups in total. The number of nitrogens with zero attached hydrogens (tertiary/aromatic N) is 1. The van der Waals surface area contributed by atoms with Crippen LogP contribution in [0.2, 0.25) is 0 Å². The molecule has 0 amide bonds. The number of aromatic nitrogens is 1. The van der Waals surface area contributed by atoms with Gasteiger partial charge >= 0.3 is 0 Å². The van der Waals surface area contributed by atoms with Gasteiger partial charge in [-0.1, -0.05) is 12.1 Å². The number of ether oxygens (including phenoxy) is 1. The molecule has 0 saturated carbocycles. The number of pyridine rings is 1. The molecule has 4 nitrogen and oxygen atoms in total. The fourth-order valence-corrected chi connectivity index (χ4v) is 2.64. The van der Waals surface area contributed by atoms with Crippen LogP contribution in [0.5, 0.6) is 5.75 Å². The molecule has 0 spiro atoms. The van der Waals surface area contributed by atoms with Crippen molar-refractivity contribution in [1.82, 2.24) is 10.3 Å². The SMILES string of the molecule is COc1cccc(-c2nc3cc(F)ccc3cc2CNCCO)c1. The molecule has 2 aromatic carbocycles. The first-order valence-electron chi connectivity index (χ1n) is 7.76. The van der Waals surface area contributed by atoms with Crippen LogP contribution in [0.25, 0.3) is 22.2 Å². The zero-order valence-electron chi connectivity index (χ0n) is 13.4. The topological polar surface area (TPSA) is 54.4 Å². The van der Waals surface area contributed by atoms with Gasteiger partial charge in [0.2, 0.25) is 0 Å². The second-order valence-electron chi connectivity index (χ2n) is 5.47. The first kappa shape index (κ1) is 16.4. The van der Waals surface area contributed by atoms with Crippen molar-refractivity contribution >= 4 is 10.9 Å². The van der Waals surface area contributed by atoms with Gasteiger partial charge < -0.3 is 15.2 Å². The normalized spacial score (nSPS) is 11.0. The molecule has 24 heavy (non-hydrogen) atoms. The molecule has 0 unspecified atom stereocenters. The van der Waals surface area contributed by atoms with Gasteiger partial charge in [0.25, 0.3) is 0 Å². The first-order valence-corrected chi connectivity index (χ1v) is 7.76. The van der Waals surface area contributed by atoms with Crippen LogP contribution in [-0.2, 0) is 6.54 Å². The fourth-order valence-electron chi connectivity index (χ4n) is 2.64. The molecular weight excluding hydrogens is 307 g/mol. The average Bonchev–Trinajstić information content (AvgIpc) is 2.61. The van der Waals surface area contributed by atoms with E-state index in [-0.39, 0.29) is 12.4 Å². The van der Waals surface area contributed by atoms with E-state index in [9.17, 15) is 4.39 Å². The Labute approximate surface area is 139 Å². The Morgan fingerprint density at radius 1 is 1.17 bits per heavy atom. The van der Waals surface area contributed by atoms with Crippen LogP contribution >= 0.6 is 0 Å². The molecule has 0 radical (unpaired) electrons. The maximum Gasteiger partial charge on any atom is 0.125 e. The minimum Gasteiger partial charge on any atom is -0.497 e. The maximum atomic E-state index is 13.5. The Balaban J connectivity index is 2.12. The predicted molar refractivity (Wildman–Crippen MR) is 92.5 cm³/mol. The molecule has 3 aromatic rings. The highest BCUT2D eigenvalue weighted by molar-refractivity contribution is 5.83. The maximum absolute atomic E-state index is 13.5. The summed E-state index contributed by atoms with van der Waals surface area (Å²) in [5.41, 5.74) is 3.27. The van der Waals surface area contributed by atoms with E-state index in [1.165, 1.54) is 12.1 Å². The molecule has 1 heterocycles.